The van der Waals surface area contributed by atoms with Crippen molar-refractivity contribution in [2.75, 3.05) is 6.61 Å². The fraction of sp³-hybridized carbons (Fsp3) is 0.714. The topological polar surface area (TPSA) is 91.2 Å². The van der Waals surface area contributed by atoms with Gasteiger partial charge in [-0.3, -0.25) is 9.59 Å². The number of esters is 1. The van der Waals surface area contributed by atoms with E-state index in [0.29, 0.717) is 0 Å². The molecule has 0 saturated carbocycles. The summed E-state index contributed by atoms with van der Waals surface area (Å²) in [5.41, 5.74) is 3.48. The molecule has 0 aliphatic carbocycles. The Kier molecular flexibility index (Phi) is 4.46. The summed E-state index contributed by atoms with van der Waals surface area (Å²) < 4.78 is 4.65. The highest BCUT2D eigenvalue weighted by molar-refractivity contribution is 5.80. The fourth-order valence-electron chi connectivity index (χ4n) is 0.722. The monoisotopic (exact) mass is 176 g/mol. The normalized spacial score (nSPS) is 15.0. The van der Waals surface area contributed by atoms with Crippen LogP contribution in [0.5, 0.6) is 0 Å². The molecule has 0 aromatic rings. The van der Waals surface area contributed by atoms with Gasteiger partial charge in [-0.1, -0.05) is 0 Å². The lowest BCUT2D eigenvalue weighted by Crippen LogP contribution is -2.71. The maximum atomic E-state index is 10.8. The van der Waals surface area contributed by atoms with Gasteiger partial charge in [-0.05, 0) is 0 Å². The molecule has 12 heavy (non-hydrogen) atoms. The fourth-order valence-corrected chi connectivity index (χ4v) is 0.722. The van der Waals surface area contributed by atoms with Crippen molar-refractivity contribution in [3.05, 3.63) is 0 Å². The van der Waals surface area contributed by atoms with Crippen molar-refractivity contribution in [2.24, 2.45) is 0 Å². The van der Waals surface area contributed by atoms with Crippen LogP contribution in [0.25, 0.3) is 0 Å². The van der Waals surface area contributed by atoms with Crippen LogP contribution in [0.4, 0.5) is 0 Å². The van der Waals surface area contributed by atoms with Crippen molar-refractivity contribution in [3.8, 4) is 0 Å². The lowest BCUT2D eigenvalue weighted by atomic mass is 10.1. The predicted octanol–water partition coefficient (Wildman–Crippen LogP) is -1.89. The Morgan fingerprint density at radius 2 is 2.00 bits per heavy atom. The van der Waals surface area contributed by atoms with Gasteiger partial charge in [0.15, 0.2) is 17.9 Å². The number of hydrogen-bond acceptors (Lipinski definition) is 4. The standard InChI is InChI=1S/C7H13NO4/c1-4(10)7(8)6(3-9)12-5(2)11/h6-7,9H,3,8H2,1-2H3/p+1. The molecule has 4 N–H and O–H groups in total. The van der Waals surface area contributed by atoms with Gasteiger partial charge in [0.25, 0.3) is 0 Å². The van der Waals surface area contributed by atoms with Crippen molar-refractivity contribution in [3.63, 3.8) is 0 Å². The number of hydrogen-bond donors (Lipinski definition) is 2. The molecular formula is C7H14NO4+. The van der Waals surface area contributed by atoms with Crippen molar-refractivity contribution >= 4 is 11.8 Å². The number of ether oxygens (including phenoxy) is 1. The third-order valence-corrected chi connectivity index (χ3v) is 1.47. The Morgan fingerprint density at radius 1 is 1.50 bits per heavy atom. The molecule has 0 aliphatic rings. The van der Waals surface area contributed by atoms with Crippen LogP contribution in [0.3, 0.4) is 0 Å². The molecule has 5 heteroatoms. The Labute approximate surface area is 70.5 Å². The van der Waals surface area contributed by atoms with Crippen LogP contribution in [-0.2, 0) is 14.3 Å². The molecule has 0 heterocycles. The minimum Gasteiger partial charge on any atom is -0.453 e. The average molecular weight is 176 g/mol. The van der Waals surface area contributed by atoms with E-state index in [0.717, 1.165) is 0 Å². The summed E-state index contributed by atoms with van der Waals surface area (Å²) in [4.78, 5) is 21.2. The second-order valence-electron chi connectivity index (χ2n) is 2.55. The third-order valence-electron chi connectivity index (χ3n) is 1.47. The van der Waals surface area contributed by atoms with Gasteiger partial charge in [-0.25, -0.2) is 0 Å². The molecule has 0 rings (SSSR count). The average Bonchev–Trinajstić information content (AvgIpc) is 1.98. The molecule has 0 aliphatic heterocycles. The van der Waals surface area contributed by atoms with Crippen molar-refractivity contribution in [1.82, 2.24) is 0 Å². The van der Waals surface area contributed by atoms with Gasteiger partial charge in [0.05, 0.1) is 6.61 Å². The van der Waals surface area contributed by atoms with E-state index in [1.54, 1.807) is 0 Å². The molecule has 0 aromatic heterocycles. The van der Waals surface area contributed by atoms with Gasteiger partial charge >= 0.3 is 5.97 Å². The molecule has 0 spiro atoms. The number of carbonyl (C=O) groups is 2. The maximum Gasteiger partial charge on any atom is 0.303 e. The van der Waals surface area contributed by atoms with Crippen LogP contribution in [0.15, 0.2) is 0 Å². The molecule has 0 aromatic carbocycles. The van der Waals surface area contributed by atoms with E-state index in [4.69, 9.17) is 5.11 Å². The largest absolute Gasteiger partial charge is 0.453 e. The third kappa shape index (κ3) is 3.45. The van der Waals surface area contributed by atoms with Crippen LogP contribution < -0.4 is 5.73 Å². The van der Waals surface area contributed by atoms with Crippen LogP contribution in [-0.4, -0.2) is 35.6 Å². The van der Waals surface area contributed by atoms with Crippen LogP contribution in [0, 0.1) is 0 Å². The van der Waals surface area contributed by atoms with Gasteiger partial charge in [-0.15, -0.1) is 0 Å². The molecule has 0 bridgehead atoms. The highest BCUT2D eigenvalue weighted by Crippen LogP contribution is 1.96. The van der Waals surface area contributed by atoms with E-state index in [2.05, 4.69) is 10.5 Å². The number of Topliss-reactive ketones (excluding diaryl/α,β-unsaturated/α-hetero) is 1. The van der Waals surface area contributed by atoms with Gasteiger partial charge in [-0.2, -0.15) is 0 Å². The highest BCUT2D eigenvalue weighted by Gasteiger charge is 2.26. The summed E-state index contributed by atoms with van der Waals surface area (Å²) in [6.45, 7) is 2.17. The van der Waals surface area contributed by atoms with E-state index in [1.165, 1.54) is 13.8 Å². The lowest BCUT2D eigenvalue weighted by Gasteiger charge is -2.16. The summed E-state index contributed by atoms with van der Waals surface area (Å²) in [6, 6.07) is -0.695. The summed E-state index contributed by atoms with van der Waals surface area (Å²) in [6.07, 6.45) is -0.819. The number of rotatable bonds is 4. The first-order chi connectivity index (χ1) is 5.49. The Bertz CT molecular complexity index is 180. The number of aliphatic hydroxyl groups excluding tert-OH is 1. The summed E-state index contributed by atoms with van der Waals surface area (Å²) in [7, 11) is 0. The van der Waals surface area contributed by atoms with Crippen LogP contribution in [0.2, 0.25) is 0 Å². The highest BCUT2D eigenvalue weighted by atomic mass is 16.6. The van der Waals surface area contributed by atoms with Crippen LogP contribution >= 0.6 is 0 Å². The van der Waals surface area contributed by atoms with Crippen molar-refractivity contribution in [2.45, 2.75) is 26.0 Å². The minimum atomic E-state index is -0.819. The first-order valence-corrected chi connectivity index (χ1v) is 3.60. The molecule has 5 nitrogen and oxygen atoms in total. The van der Waals surface area contributed by atoms with E-state index in [1.807, 2.05) is 0 Å². The number of ketones is 1. The molecule has 0 fully saturated rings. The molecule has 70 valence electrons. The van der Waals surface area contributed by atoms with E-state index in [-0.39, 0.29) is 12.4 Å². The van der Waals surface area contributed by atoms with Gasteiger partial charge < -0.3 is 15.6 Å². The summed E-state index contributed by atoms with van der Waals surface area (Å²) >= 11 is 0. The zero-order chi connectivity index (χ0) is 9.72. The Balaban J connectivity index is 4.14. The molecule has 0 radical (unpaired) electrons. The predicted molar refractivity (Wildman–Crippen MR) is 40.0 cm³/mol. The maximum absolute atomic E-state index is 10.8. The molecule has 0 saturated heterocycles. The summed E-state index contributed by atoms with van der Waals surface area (Å²) in [5.74, 6) is -0.737. The zero-order valence-corrected chi connectivity index (χ0v) is 7.24. The zero-order valence-electron chi connectivity index (χ0n) is 7.24. The van der Waals surface area contributed by atoms with Gasteiger partial charge in [0.1, 0.15) is 0 Å². The van der Waals surface area contributed by atoms with Gasteiger partial charge in [0, 0.05) is 13.8 Å². The SMILES string of the molecule is CC(=O)OC(CO)C([NH3+])C(C)=O. The van der Waals surface area contributed by atoms with E-state index in [9.17, 15) is 9.59 Å². The molecule has 0 amide bonds. The van der Waals surface area contributed by atoms with E-state index < -0.39 is 18.1 Å². The first-order valence-electron chi connectivity index (χ1n) is 3.60. The number of carbonyl (C=O) groups excluding carboxylic acids is 2. The van der Waals surface area contributed by atoms with Crippen molar-refractivity contribution in [1.29, 1.82) is 0 Å². The smallest absolute Gasteiger partial charge is 0.303 e. The minimum absolute atomic E-state index is 0.213. The Morgan fingerprint density at radius 3 is 2.25 bits per heavy atom. The quantitative estimate of drug-likeness (QED) is 0.490. The van der Waals surface area contributed by atoms with Crippen LogP contribution in [0.1, 0.15) is 13.8 Å². The van der Waals surface area contributed by atoms with E-state index >= 15 is 0 Å². The van der Waals surface area contributed by atoms with Gasteiger partial charge in [0.2, 0.25) is 0 Å². The Hall–Kier alpha value is -0.940. The second-order valence-corrected chi connectivity index (χ2v) is 2.55. The summed E-state index contributed by atoms with van der Waals surface area (Å²) in [5, 5.41) is 8.72. The molecule has 2 unspecified atom stereocenters. The number of quaternary nitrogens is 1. The molecule has 2 atom stereocenters. The molecular weight excluding hydrogens is 162 g/mol. The first kappa shape index (κ1) is 11.1. The van der Waals surface area contributed by atoms with Crippen molar-refractivity contribution < 1.29 is 25.2 Å². The lowest BCUT2D eigenvalue weighted by molar-refractivity contribution is -0.421. The second kappa shape index (κ2) is 4.84. The number of aliphatic hydroxyl groups is 1.